The summed E-state index contributed by atoms with van der Waals surface area (Å²) < 4.78 is 0. The van der Waals surface area contributed by atoms with Crippen molar-refractivity contribution in [2.24, 2.45) is 0 Å². The predicted molar refractivity (Wildman–Crippen MR) is 76.4 cm³/mol. The van der Waals surface area contributed by atoms with E-state index in [-0.39, 0.29) is 6.04 Å². The molecule has 1 aliphatic rings. The largest absolute Gasteiger partial charge is 0.508 e. The van der Waals surface area contributed by atoms with Crippen LogP contribution < -0.4 is 5.32 Å². The molecule has 3 nitrogen and oxygen atoms in total. The molecule has 0 saturated carbocycles. The zero-order chi connectivity index (χ0) is 13.2. The highest BCUT2D eigenvalue weighted by molar-refractivity contribution is 5.54. The Labute approximate surface area is 113 Å². The number of nitrogens with one attached hydrogen (secondary N) is 1. The van der Waals surface area contributed by atoms with Crippen molar-refractivity contribution >= 4 is 5.69 Å². The van der Waals surface area contributed by atoms with Crippen LogP contribution in [0, 0.1) is 6.92 Å². The second kappa shape index (κ2) is 4.92. The molecule has 3 heteroatoms. The van der Waals surface area contributed by atoms with Gasteiger partial charge in [0.25, 0.3) is 0 Å². The van der Waals surface area contributed by atoms with Crippen LogP contribution in [-0.4, -0.2) is 10.1 Å². The number of aryl methyl sites for hydroxylation is 2. The number of aromatic nitrogens is 1. The molecule has 0 amide bonds. The molecule has 1 aromatic carbocycles. The first-order valence-electron chi connectivity index (χ1n) is 6.74. The van der Waals surface area contributed by atoms with Crippen molar-refractivity contribution in [1.82, 2.24) is 4.98 Å². The lowest BCUT2D eigenvalue weighted by Crippen LogP contribution is -2.19. The summed E-state index contributed by atoms with van der Waals surface area (Å²) in [7, 11) is 0. The SMILES string of the molecule is Cc1cc(O)ccc1NC1CCCc2cccnc21. The number of aromatic hydroxyl groups is 1. The van der Waals surface area contributed by atoms with E-state index in [9.17, 15) is 5.11 Å². The van der Waals surface area contributed by atoms with Gasteiger partial charge in [0, 0.05) is 11.9 Å². The molecule has 1 aromatic heterocycles. The minimum atomic E-state index is 0.271. The van der Waals surface area contributed by atoms with Gasteiger partial charge in [-0.15, -0.1) is 0 Å². The molecule has 2 N–H and O–H groups in total. The monoisotopic (exact) mass is 254 g/mol. The van der Waals surface area contributed by atoms with Crippen LogP contribution in [0.3, 0.4) is 0 Å². The maximum atomic E-state index is 9.46. The molecule has 98 valence electrons. The van der Waals surface area contributed by atoms with Crippen LogP contribution in [0.25, 0.3) is 0 Å². The third-order valence-electron chi connectivity index (χ3n) is 3.73. The number of benzene rings is 1. The summed E-state index contributed by atoms with van der Waals surface area (Å²) in [5.41, 5.74) is 4.65. The Hall–Kier alpha value is -2.03. The lowest BCUT2D eigenvalue weighted by atomic mass is 9.91. The van der Waals surface area contributed by atoms with Gasteiger partial charge in [0.15, 0.2) is 0 Å². The van der Waals surface area contributed by atoms with E-state index in [1.807, 2.05) is 25.3 Å². The highest BCUT2D eigenvalue weighted by Crippen LogP contribution is 2.32. The maximum Gasteiger partial charge on any atom is 0.115 e. The molecule has 0 saturated heterocycles. The van der Waals surface area contributed by atoms with Gasteiger partial charge in [-0.1, -0.05) is 6.07 Å². The van der Waals surface area contributed by atoms with Gasteiger partial charge in [-0.25, -0.2) is 0 Å². The second-order valence-electron chi connectivity index (χ2n) is 5.14. The molecule has 0 spiro atoms. The number of phenolic OH excluding ortho intramolecular Hbond substituents is 1. The Morgan fingerprint density at radius 3 is 3.05 bits per heavy atom. The number of hydrogen-bond acceptors (Lipinski definition) is 3. The molecule has 1 aliphatic carbocycles. The Bertz CT molecular complexity index is 595. The summed E-state index contributed by atoms with van der Waals surface area (Å²) >= 11 is 0. The van der Waals surface area contributed by atoms with Gasteiger partial charge in [0.2, 0.25) is 0 Å². The third-order valence-corrected chi connectivity index (χ3v) is 3.73. The van der Waals surface area contributed by atoms with Crippen molar-refractivity contribution in [3.8, 4) is 5.75 Å². The number of nitrogens with zero attached hydrogens (tertiary/aromatic N) is 1. The smallest absolute Gasteiger partial charge is 0.115 e. The van der Waals surface area contributed by atoms with Crippen molar-refractivity contribution in [2.45, 2.75) is 32.2 Å². The minimum absolute atomic E-state index is 0.271. The van der Waals surface area contributed by atoms with Crippen LogP contribution in [0.4, 0.5) is 5.69 Å². The highest BCUT2D eigenvalue weighted by atomic mass is 16.3. The van der Waals surface area contributed by atoms with E-state index < -0.39 is 0 Å². The maximum absolute atomic E-state index is 9.46. The van der Waals surface area contributed by atoms with Gasteiger partial charge in [-0.3, -0.25) is 4.98 Å². The van der Waals surface area contributed by atoms with E-state index in [0.29, 0.717) is 5.75 Å². The lowest BCUT2D eigenvalue weighted by molar-refractivity contribution is 0.475. The normalized spacial score (nSPS) is 17.8. The number of phenols is 1. The van der Waals surface area contributed by atoms with E-state index >= 15 is 0 Å². The Kier molecular flexibility index (Phi) is 3.11. The van der Waals surface area contributed by atoms with Gasteiger partial charge in [0.05, 0.1) is 11.7 Å². The fourth-order valence-electron chi connectivity index (χ4n) is 2.75. The summed E-state index contributed by atoms with van der Waals surface area (Å²) in [5, 5.41) is 13.0. The van der Waals surface area contributed by atoms with Crippen molar-refractivity contribution in [1.29, 1.82) is 0 Å². The molecule has 1 heterocycles. The van der Waals surface area contributed by atoms with Crippen LogP contribution in [0.5, 0.6) is 5.75 Å². The van der Waals surface area contributed by atoms with E-state index in [4.69, 9.17) is 0 Å². The zero-order valence-corrected chi connectivity index (χ0v) is 11.1. The summed E-state index contributed by atoms with van der Waals surface area (Å²) in [5.74, 6) is 0.310. The summed E-state index contributed by atoms with van der Waals surface area (Å²) in [6.07, 6.45) is 5.27. The minimum Gasteiger partial charge on any atom is -0.508 e. The van der Waals surface area contributed by atoms with Gasteiger partial charge in [-0.2, -0.15) is 0 Å². The number of hydrogen-bond donors (Lipinski definition) is 2. The van der Waals surface area contributed by atoms with Crippen molar-refractivity contribution in [2.75, 3.05) is 5.32 Å². The first kappa shape index (κ1) is 12.0. The standard InChI is InChI=1S/C16H18N2O/c1-11-10-13(19)7-8-14(11)18-15-6-2-4-12-5-3-9-17-16(12)15/h3,5,7-10,15,18-19H,2,4,6H2,1H3. The Balaban J connectivity index is 1.88. The van der Waals surface area contributed by atoms with Gasteiger partial charge < -0.3 is 10.4 Å². The van der Waals surface area contributed by atoms with Gasteiger partial charge in [0.1, 0.15) is 5.75 Å². The fraction of sp³-hybridized carbons (Fsp3) is 0.312. The molecule has 2 aromatic rings. The first-order chi connectivity index (χ1) is 9.24. The van der Waals surface area contributed by atoms with Gasteiger partial charge in [-0.05, 0) is 61.6 Å². The molecule has 0 bridgehead atoms. The van der Waals surface area contributed by atoms with E-state index in [0.717, 1.165) is 24.1 Å². The van der Waals surface area contributed by atoms with Gasteiger partial charge >= 0.3 is 0 Å². The Morgan fingerprint density at radius 1 is 1.32 bits per heavy atom. The summed E-state index contributed by atoms with van der Waals surface area (Å²) in [6, 6.07) is 9.88. The summed E-state index contributed by atoms with van der Waals surface area (Å²) in [4.78, 5) is 4.53. The van der Waals surface area contributed by atoms with Crippen LogP contribution >= 0.6 is 0 Å². The number of fused-ring (bicyclic) bond motifs is 1. The molecular weight excluding hydrogens is 236 g/mol. The number of pyridine rings is 1. The van der Waals surface area contributed by atoms with Crippen molar-refractivity contribution < 1.29 is 5.11 Å². The van der Waals surface area contributed by atoms with E-state index in [1.54, 1.807) is 12.1 Å². The highest BCUT2D eigenvalue weighted by Gasteiger charge is 2.21. The van der Waals surface area contributed by atoms with Crippen LogP contribution in [-0.2, 0) is 6.42 Å². The average molecular weight is 254 g/mol. The second-order valence-corrected chi connectivity index (χ2v) is 5.14. The van der Waals surface area contributed by atoms with Crippen molar-refractivity contribution in [3.63, 3.8) is 0 Å². The number of rotatable bonds is 2. The third kappa shape index (κ3) is 2.41. The molecular formula is C16H18N2O. The quantitative estimate of drug-likeness (QED) is 0.805. The molecule has 3 rings (SSSR count). The molecule has 0 aliphatic heterocycles. The van der Waals surface area contributed by atoms with E-state index in [1.165, 1.54) is 17.7 Å². The van der Waals surface area contributed by atoms with Crippen molar-refractivity contribution in [3.05, 3.63) is 53.3 Å². The topological polar surface area (TPSA) is 45.1 Å². The molecule has 1 atom stereocenters. The Morgan fingerprint density at radius 2 is 2.21 bits per heavy atom. The lowest BCUT2D eigenvalue weighted by Gasteiger charge is -2.26. The van der Waals surface area contributed by atoms with Crippen LogP contribution in [0.2, 0.25) is 0 Å². The average Bonchev–Trinajstić information content (AvgIpc) is 2.42. The molecule has 0 fully saturated rings. The first-order valence-corrected chi connectivity index (χ1v) is 6.74. The molecule has 19 heavy (non-hydrogen) atoms. The summed E-state index contributed by atoms with van der Waals surface area (Å²) in [6.45, 7) is 2.00. The zero-order valence-electron chi connectivity index (χ0n) is 11.1. The number of anilines is 1. The van der Waals surface area contributed by atoms with E-state index in [2.05, 4.69) is 16.4 Å². The van der Waals surface area contributed by atoms with Crippen LogP contribution in [0.1, 0.15) is 35.7 Å². The molecule has 0 radical (unpaired) electrons. The fourth-order valence-corrected chi connectivity index (χ4v) is 2.75. The molecule has 1 unspecified atom stereocenters. The predicted octanol–water partition coefficient (Wildman–Crippen LogP) is 3.59. The van der Waals surface area contributed by atoms with Crippen LogP contribution in [0.15, 0.2) is 36.5 Å².